The molecule has 0 heterocycles. The van der Waals surface area contributed by atoms with Crippen LogP contribution in [0.15, 0.2) is 18.2 Å². The first kappa shape index (κ1) is 18.0. The third-order valence-electron chi connectivity index (χ3n) is 3.17. The largest absolute Gasteiger partial charge is 0.490 e. The second-order valence-electron chi connectivity index (χ2n) is 6.08. The maximum atomic E-state index is 12.7. The molecule has 0 bridgehead atoms. The lowest BCUT2D eigenvalue weighted by atomic mass is 10.1. The topological polar surface area (TPSA) is 66.8 Å². The lowest BCUT2D eigenvalue weighted by Gasteiger charge is -2.31. The van der Waals surface area contributed by atoms with Crippen molar-refractivity contribution >= 4 is 11.9 Å². The van der Waals surface area contributed by atoms with Gasteiger partial charge in [0.15, 0.2) is 0 Å². The van der Waals surface area contributed by atoms with Crippen molar-refractivity contribution < 1.29 is 19.4 Å². The molecule has 0 spiro atoms. The molecule has 0 saturated carbocycles. The smallest absolute Gasteiger partial charge is 0.339 e. The molecular weight excluding hydrogens is 282 g/mol. The molecule has 22 heavy (non-hydrogen) atoms. The number of hydrogen-bond donors (Lipinski definition) is 1. The van der Waals surface area contributed by atoms with E-state index in [9.17, 15) is 14.7 Å². The van der Waals surface area contributed by atoms with E-state index >= 15 is 0 Å². The van der Waals surface area contributed by atoms with E-state index in [1.165, 1.54) is 18.2 Å². The first-order valence-corrected chi connectivity index (χ1v) is 7.51. The van der Waals surface area contributed by atoms with Gasteiger partial charge in [-0.1, -0.05) is 0 Å². The Balaban J connectivity index is 3.25. The number of nitrogens with zero attached hydrogens (tertiary/aromatic N) is 1. The number of benzene rings is 1. The molecular formula is C17H25NO4. The highest BCUT2D eigenvalue weighted by Crippen LogP contribution is 2.24. The molecule has 0 radical (unpaired) electrons. The predicted octanol–water partition coefficient (Wildman–Crippen LogP) is 3.43. The maximum absolute atomic E-state index is 12.7. The van der Waals surface area contributed by atoms with Crippen LogP contribution in [-0.2, 0) is 0 Å². The monoisotopic (exact) mass is 307 g/mol. The summed E-state index contributed by atoms with van der Waals surface area (Å²) >= 11 is 0. The summed E-state index contributed by atoms with van der Waals surface area (Å²) in [5, 5.41) is 9.22. The minimum atomic E-state index is -1.07. The summed E-state index contributed by atoms with van der Waals surface area (Å²) in [6, 6.07) is 4.59. The Bertz CT molecular complexity index is 542. The number of ether oxygens (including phenoxy) is 1. The highest BCUT2D eigenvalue weighted by Gasteiger charge is 2.23. The van der Waals surface area contributed by atoms with E-state index in [2.05, 4.69) is 0 Å². The standard InChI is InChI=1S/C17H25NO4/c1-10(2)18(11(3)4)16(19)13-7-8-14(17(20)21)15(9-13)22-12(5)6/h7-12H,1-6H3,(H,20,21). The molecule has 5 heteroatoms. The predicted molar refractivity (Wildman–Crippen MR) is 85.6 cm³/mol. The molecule has 5 nitrogen and oxygen atoms in total. The van der Waals surface area contributed by atoms with E-state index < -0.39 is 5.97 Å². The number of rotatable bonds is 6. The van der Waals surface area contributed by atoms with Crippen molar-refractivity contribution in [1.29, 1.82) is 0 Å². The van der Waals surface area contributed by atoms with Gasteiger partial charge >= 0.3 is 5.97 Å². The molecule has 1 rings (SSSR count). The van der Waals surface area contributed by atoms with Crippen LogP contribution in [0.2, 0.25) is 0 Å². The van der Waals surface area contributed by atoms with E-state index in [0.29, 0.717) is 5.56 Å². The first-order chi connectivity index (χ1) is 10.1. The van der Waals surface area contributed by atoms with Gasteiger partial charge in [0.25, 0.3) is 5.91 Å². The molecule has 0 aliphatic rings. The fourth-order valence-electron chi connectivity index (χ4n) is 2.40. The minimum absolute atomic E-state index is 0.0566. The number of carboxylic acids is 1. The molecule has 1 N–H and O–H groups in total. The second kappa shape index (κ2) is 7.29. The summed E-state index contributed by atoms with van der Waals surface area (Å²) in [4.78, 5) is 25.7. The van der Waals surface area contributed by atoms with Gasteiger partial charge in [-0.15, -0.1) is 0 Å². The van der Waals surface area contributed by atoms with Crippen LogP contribution in [0.25, 0.3) is 0 Å². The van der Waals surface area contributed by atoms with Gasteiger partial charge in [0.1, 0.15) is 11.3 Å². The molecule has 1 amide bonds. The van der Waals surface area contributed by atoms with Crippen LogP contribution in [0.4, 0.5) is 0 Å². The number of amides is 1. The number of hydrogen-bond acceptors (Lipinski definition) is 3. The third kappa shape index (κ3) is 4.23. The molecule has 0 aliphatic heterocycles. The van der Waals surface area contributed by atoms with Crippen LogP contribution >= 0.6 is 0 Å². The summed E-state index contributed by atoms with van der Waals surface area (Å²) in [5.74, 6) is -0.976. The average Bonchev–Trinajstić information content (AvgIpc) is 2.36. The number of carbonyl (C=O) groups excluding carboxylic acids is 1. The Morgan fingerprint density at radius 2 is 1.59 bits per heavy atom. The van der Waals surface area contributed by atoms with Crippen LogP contribution in [0.1, 0.15) is 62.3 Å². The van der Waals surface area contributed by atoms with Crippen molar-refractivity contribution in [3.05, 3.63) is 29.3 Å². The van der Waals surface area contributed by atoms with E-state index in [1.54, 1.807) is 4.90 Å². The van der Waals surface area contributed by atoms with Crippen LogP contribution in [0, 0.1) is 0 Å². The normalized spacial score (nSPS) is 11.1. The Kier molecular flexibility index (Phi) is 5.97. The summed E-state index contributed by atoms with van der Waals surface area (Å²) in [6.45, 7) is 11.4. The van der Waals surface area contributed by atoms with Gasteiger partial charge in [-0.05, 0) is 59.7 Å². The molecule has 1 aromatic carbocycles. The minimum Gasteiger partial charge on any atom is -0.490 e. The molecule has 0 saturated heterocycles. The Hall–Kier alpha value is -2.04. The van der Waals surface area contributed by atoms with E-state index in [4.69, 9.17) is 4.74 Å². The van der Waals surface area contributed by atoms with Gasteiger partial charge in [0, 0.05) is 17.6 Å². The summed E-state index contributed by atoms with van der Waals surface area (Å²) in [6.07, 6.45) is -0.172. The number of aromatic carboxylic acids is 1. The number of carbonyl (C=O) groups is 2. The van der Waals surface area contributed by atoms with Gasteiger partial charge in [0.05, 0.1) is 6.10 Å². The summed E-state index contributed by atoms with van der Waals surface area (Å²) in [7, 11) is 0. The molecule has 0 fully saturated rings. The Morgan fingerprint density at radius 3 is 2.00 bits per heavy atom. The van der Waals surface area contributed by atoms with Crippen molar-refractivity contribution in [2.45, 2.75) is 59.7 Å². The Morgan fingerprint density at radius 1 is 1.05 bits per heavy atom. The zero-order valence-corrected chi connectivity index (χ0v) is 14.1. The average molecular weight is 307 g/mol. The molecule has 0 unspecified atom stereocenters. The zero-order chi connectivity index (χ0) is 17.0. The van der Waals surface area contributed by atoms with Crippen LogP contribution in [0.5, 0.6) is 5.75 Å². The van der Waals surface area contributed by atoms with Crippen molar-refractivity contribution in [3.63, 3.8) is 0 Å². The van der Waals surface area contributed by atoms with E-state index in [1.807, 2.05) is 41.5 Å². The van der Waals surface area contributed by atoms with Crippen LogP contribution in [0.3, 0.4) is 0 Å². The highest BCUT2D eigenvalue weighted by molar-refractivity contribution is 5.98. The molecule has 122 valence electrons. The van der Waals surface area contributed by atoms with Crippen LogP contribution < -0.4 is 4.74 Å². The van der Waals surface area contributed by atoms with Crippen LogP contribution in [-0.4, -0.2) is 40.1 Å². The summed E-state index contributed by atoms with van der Waals surface area (Å²) < 4.78 is 5.55. The van der Waals surface area contributed by atoms with Gasteiger partial charge in [0.2, 0.25) is 0 Å². The van der Waals surface area contributed by atoms with Crippen molar-refractivity contribution in [2.24, 2.45) is 0 Å². The van der Waals surface area contributed by atoms with E-state index in [-0.39, 0.29) is 35.4 Å². The van der Waals surface area contributed by atoms with Crippen molar-refractivity contribution in [3.8, 4) is 5.75 Å². The molecule has 0 atom stereocenters. The van der Waals surface area contributed by atoms with Gasteiger partial charge < -0.3 is 14.7 Å². The fourth-order valence-corrected chi connectivity index (χ4v) is 2.40. The third-order valence-corrected chi connectivity index (χ3v) is 3.17. The lowest BCUT2D eigenvalue weighted by Crippen LogP contribution is -2.42. The fraction of sp³-hybridized carbons (Fsp3) is 0.529. The van der Waals surface area contributed by atoms with Gasteiger partial charge in [-0.25, -0.2) is 4.79 Å². The van der Waals surface area contributed by atoms with Gasteiger partial charge in [-0.2, -0.15) is 0 Å². The van der Waals surface area contributed by atoms with Crippen molar-refractivity contribution in [1.82, 2.24) is 4.90 Å². The van der Waals surface area contributed by atoms with E-state index in [0.717, 1.165) is 0 Å². The molecule has 0 aliphatic carbocycles. The second-order valence-corrected chi connectivity index (χ2v) is 6.08. The quantitative estimate of drug-likeness (QED) is 0.874. The van der Waals surface area contributed by atoms with Gasteiger partial charge in [-0.3, -0.25) is 4.79 Å². The first-order valence-electron chi connectivity index (χ1n) is 7.51. The molecule has 0 aromatic heterocycles. The highest BCUT2D eigenvalue weighted by atomic mass is 16.5. The lowest BCUT2D eigenvalue weighted by molar-refractivity contribution is 0.0637. The van der Waals surface area contributed by atoms with Crippen molar-refractivity contribution in [2.75, 3.05) is 0 Å². The SMILES string of the molecule is CC(C)Oc1cc(C(=O)N(C(C)C)C(C)C)ccc1C(=O)O. The summed E-state index contributed by atoms with van der Waals surface area (Å²) in [5.41, 5.74) is 0.494. The molecule has 1 aromatic rings. The Labute approximate surface area is 131 Å². The maximum Gasteiger partial charge on any atom is 0.339 e. The number of carboxylic acid groups (broad SMARTS) is 1. The zero-order valence-electron chi connectivity index (χ0n) is 14.1.